The Hall–Kier alpha value is -2.96. The van der Waals surface area contributed by atoms with Crippen LogP contribution in [-0.2, 0) is 22.9 Å². The molecule has 1 aliphatic rings. The second kappa shape index (κ2) is 9.89. The number of aryl methyl sites for hydroxylation is 3. The van der Waals surface area contributed by atoms with Crippen LogP contribution in [0.3, 0.4) is 0 Å². The van der Waals surface area contributed by atoms with Crippen molar-refractivity contribution in [3.8, 4) is 0 Å². The molecule has 1 N–H and O–H groups in total. The summed E-state index contributed by atoms with van der Waals surface area (Å²) in [5.74, 6) is -0.0563. The van der Waals surface area contributed by atoms with Gasteiger partial charge < -0.3 is 4.90 Å². The molecule has 5 nitrogen and oxygen atoms in total. The molecule has 0 fully saturated rings. The van der Waals surface area contributed by atoms with Crippen molar-refractivity contribution in [3.05, 3.63) is 95.1 Å². The predicted molar refractivity (Wildman–Crippen MR) is 132 cm³/mol. The molecule has 3 aromatic carbocycles. The molecule has 1 amide bonds. The lowest BCUT2D eigenvalue weighted by Gasteiger charge is -2.30. The summed E-state index contributed by atoms with van der Waals surface area (Å²) in [6, 6.07) is 22.5. The minimum absolute atomic E-state index is 0.0563. The van der Waals surface area contributed by atoms with Gasteiger partial charge in [0.25, 0.3) is 5.91 Å². The van der Waals surface area contributed by atoms with Gasteiger partial charge in [0.05, 0.1) is 4.90 Å². The minimum atomic E-state index is -3.65. The van der Waals surface area contributed by atoms with E-state index in [9.17, 15) is 13.2 Å². The second-order valence-electron chi connectivity index (χ2n) is 8.76. The maximum atomic E-state index is 13.1. The van der Waals surface area contributed by atoms with Crippen LogP contribution in [0.5, 0.6) is 0 Å². The average molecular weight is 463 g/mol. The van der Waals surface area contributed by atoms with Gasteiger partial charge in [-0.1, -0.05) is 48.0 Å². The van der Waals surface area contributed by atoms with Gasteiger partial charge in [0.2, 0.25) is 10.0 Å². The third-order valence-electron chi connectivity index (χ3n) is 6.09. The summed E-state index contributed by atoms with van der Waals surface area (Å²) < 4.78 is 28.8. The summed E-state index contributed by atoms with van der Waals surface area (Å²) >= 11 is 0. The SMILES string of the molecule is Cc1ccc(C(=O)N2CCCc3cc(S(=O)(=O)N[C@@H](C)CCc4ccccc4)ccc32)cc1. The van der Waals surface area contributed by atoms with Crippen molar-refractivity contribution in [3.63, 3.8) is 0 Å². The van der Waals surface area contributed by atoms with Gasteiger partial charge in [-0.15, -0.1) is 0 Å². The molecule has 1 heterocycles. The Morgan fingerprint density at radius 1 is 1.03 bits per heavy atom. The molecular formula is C27H30N2O3S. The summed E-state index contributed by atoms with van der Waals surface area (Å²) in [6.07, 6.45) is 3.08. The van der Waals surface area contributed by atoms with Crippen LogP contribution in [0.2, 0.25) is 0 Å². The molecule has 3 aromatic rings. The first-order chi connectivity index (χ1) is 15.8. The highest BCUT2D eigenvalue weighted by Gasteiger charge is 2.26. The molecule has 4 rings (SSSR count). The van der Waals surface area contributed by atoms with E-state index in [0.717, 1.165) is 36.1 Å². The standard InChI is InChI=1S/C27H30N2O3S/c1-20-10-14-23(15-11-20)27(30)29-18-6-9-24-19-25(16-17-26(24)29)33(31,32)28-21(2)12-13-22-7-4-3-5-8-22/h3-5,7-8,10-11,14-17,19,21,28H,6,9,12-13,18H2,1-2H3/t21-/m0/s1. The quantitative estimate of drug-likeness (QED) is 0.544. The number of carbonyl (C=O) groups excluding carboxylic acids is 1. The van der Waals surface area contributed by atoms with Crippen molar-refractivity contribution in [1.29, 1.82) is 0 Å². The first-order valence-corrected chi connectivity index (χ1v) is 12.9. The van der Waals surface area contributed by atoms with Crippen LogP contribution in [0.4, 0.5) is 5.69 Å². The molecule has 0 bridgehead atoms. The number of rotatable bonds is 7. The lowest BCUT2D eigenvalue weighted by molar-refractivity contribution is 0.0985. The molecule has 0 unspecified atom stereocenters. The van der Waals surface area contributed by atoms with E-state index in [1.54, 1.807) is 23.1 Å². The van der Waals surface area contributed by atoms with Gasteiger partial charge in [-0.25, -0.2) is 13.1 Å². The average Bonchev–Trinajstić information content (AvgIpc) is 2.82. The fourth-order valence-electron chi connectivity index (χ4n) is 4.22. The summed E-state index contributed by atoms with van der Waals surface area (Å²) in [7, 11) is -3.65. The zero-order valence-corrected chi connectivity index (χ0v) is 19.9. The Morgan fingerprint density at radius 3 is 2.48 bits per heavy atom. The molecule has 0 spiro atoms. The Labute approximate surface area is 196 Å². The normalized spacial score (nSPS) is 14.5. The van der Waals surface area contributed by atoms with Crippen LogP contribution in [0.1, 0.15) is 46.8 Å². The fraction of sp³-hybridized carbons (Fsp3) is 0.296. The molecule has 0 aliphatic carbocycles. The molecule has 0 saturated heterocycles. The number of hydrogen-bond donors (Lipinski definition) is 1. The fourth-order valence-corrected chi connectivity index (χ4v) is 5.55. The Bertz CT molecular complexity index is 1220. The molecule has 0 radical (unpaired) electrons. The number of anilines is 1. The molecule has 1 atom stereocenters. The van der Waals surface area contributed by atoms with Crippen molar-refractivity contribution in [2.45, 2.75) is 50.5 Å². The predicted octanol–water partition coefficient (Wildman–Crippen LogP) is 4.89. The third kappa shape index (κ3) is 5.52. The number of carbonyl (C=O) groups is 1. The number of hydrogen-bond acceptors (Lipinski definition) is 3. The minimum Gasteiger partial charge on any atom is -0.308 e. The van der Waals surface area contributed by atoms with Crippen LogP contribution in [0, 0.1) is 6.92 Å². The zero-order valence-electron chi connectivity index (χ0n) is 19.1. The highest BCUT2D eigenvalue weighted by molar-refractivity contribution is 7.89. The molecule has 1 aliphatic heterocycles. The van der Waals surface area contributed by atoms with Gasteiger partial charge in [0, 0.05) is 23.8 Å². The molecular weight excluding hydrogens is 432 g/mol. The lowest BCUT2D eigenvalue weighted by atomic mass is 10.0. The first-order valence-electron chi connectivity index (χ1n) is 11.4. The maximum Gasteiger partial charge on any atom is 0.258 e. The smallest absolute Gasteiger partial charge is 0.258 e. The van der Waals surface area contributed by atoms with Gasteiger partial charge >= 0.3 is 0 Å². The van der Waals surface area contributed by atoms with Gasteiger partial charge in [-0.05, 0) is 81.0 Å². The summed E-state index contributed by atoms with van der Waals surface area (Å²) in [6.45, 7) is 4.50. The molecule has 0 saturated carbocycles. The van der Waals surface area contributed by atoms with E-state index in [1.807, 2.05) is 68.4 Å². The Morgan fingerprint density at radius 2 is 1.76 bits per heavy atom. The largest absolute Gasteiger partial charge is 0.308 e. The van der Waals surface area contributed by atoms with Gasteiger partial charge in [-0.3, -0.25) is 4.79 Å². The Kier molecular flexibility index (Phi) is 6.96. The highest BCUT2D eigenvalue weighted by atomic mass is 32.2. The van der Waals surface area contributed by atoms with Crippen molar-refractivity contribution >= 4 is 21.6 Å². The summed E-state index contributed by atoms with van der Waals surface area (Å²) in [4.78, 5) is 15.1. The molecule has 6 heteroatoms. The molecule has 0 aromatic heterocycles. The van der Waals surface area contributed by atoms with Gasteiger partial charge in [-0.2, -0.15) is 0 Å². The number of benzene rings is 3. The van der Waals surface area contributed by atoms with Gasteiger partial charge in [0.1, 0.15) is 0 Å². The monoisotopic (exact) mass is 462 g/mol. The van der Waals surface area contributed by atoms with Crippen LogP contribution in [0.15, 0.2) is 77.7 Å². The third-order valence-corrected chi connectivity index (χ3v) is 7.68. The molecule has 33 heavy (non-hydrogen) atoms. The van der Waals surface area contributed by atoms with Crippen molar-refractivity contribution in [2.75, 3.05) is 11.4 Å². The van der Waals surface area contributed by atoms with E-state index in [0.29, 0.717) is 18.5 Å². The van der Waals surface area contributed by atoms with E-state index < -0.39 is 10.0 Å². The van der Waals surface area contributed by atoms with E-state index in [-0.39, 0.29) is 16.8 Å². The summed E-state index contributed by atoms with van der Waals surface area (Å²) in [5, 5.41) is 0. The van der Waals surface area contributed by atoms with Crippen LogP contribution >= 0.6 is 0 Å². The second-order valence-corrected chi connectivity index (χ2v) is 10.5. The first kappa shape index (κ1) is 23.2. The number of sulfonamides is 1. The highest BCUT2D eigenvalue weighted by Crippen LogP contribution is 2.31. The zero-order chi connectivity index (χ0) is 23.4. The molecule has 172 valence electrons. The number of nitrogens with zero attached hydrogens (tertiary/aromatic N) is 1. The number of fused-ring (bicyclic) bond motifs is 1. The van der Waals surface area contributed by atoms with E-state index >= 15 is 0 Å². The number of nitrogens with one attached hydrogen (secondary N) is 1. The van der Waals surface area contributed by atoms with Gasteiger partial charge in [0.15, 0.2) is 0 Å². The van der Waals surface area contributed by atoms with E-state index in [2.05, 4.69) is 4.72 Å². The number of amides is 1. The van der Waals surface area contributed by atoms with Crippen LogP contribution < -0.4 is 9.62 Å². The van der Waals surface area contributed by atoms with Crippen molar-refractivity contribution in [2.24, 2.45) is 0 Å². The van der Waals surface area contributed by atoms with Crippen LogP contribution in [0.25, 0.3) is 0 Å². The maximum absolute atomic E-state index is 13.1. The lowest BCUT2D eigenvalue weighted by Crippen LogP contribution is -2.36. The van der Waals surface area contributed by atoms with E-state index in [1.165, 1.54) is 5.56 Å². The topological polar surface area (TPSA) is 66.5 Å². The van der Waals surface area contributed by atoms with E-state index in [4.69, 9.17) is 0 Å². The Balaban J connectivity index is 1.48. The van der Waals surface area contributed by atoms with Crippen molar-refractivity contribution < 1.29 is 13.2 Å². The van der Waals surface area contributed by atoms with Crippen LogP contribution in [-0.4, -0.2) is 26.9 Å². The van der Waals surface area contributed by atoms with Crippen molar-refractivity contribution in [1.82, 2.24) is 4.72 Å². The summed E-state index contributed by atoms with van der Waals surface area (Å²) in [5.41, 5.74) is 4.62.